The molecule has 0 aromatic heterocycles. The van der Waals surface area contributed by atoms with Crippen LogP contribution in [0.25, 0.3) is 0 Å². The lowest BCUT2D eigenvalue weighted by Gasteiger charge is -2.43. The molecule has 0 spiro atoms. The Balaban J connectivity index is 1.83. The Hall–Kier alpha value is -1.72. The lowest BCUT2D eigenvalue weighted by Crippen LogP contribution is -2.66. The van der Waals surface area contributed by atoms with Gasteiger partial charge in [-0.2, -0.15) is 0 Å². The van der Waals surface area contributed by atoms with Crippen molar-refractivity contribution in [3.63, 3.8) is 0 Å². The molecule has 0 radical (unpaired) electrons. The van der Waals surface area contributed by atoms with Crippen molar-refractivity contribution in [3.05, 3.63) is 72.8 Å². The van der Waals surface area contributed by atoms with E-state index in [0.717, 1.165) is 12.8 Å². The van der Waals surface area contributed by atoms with E-state index < -0.39 is 14.4 Å². The summed E-state index contributed by atoms with van der Waals surface area (Å²) in [7, 11) is -2.47. The number of benzene rings is 2. The van der Waals surface area contributed by atoms with E-state index in [1.807, 2.05) is 12.2 Å². The first-order valence-electron chi connectivity index (χ1n) is 10.2. The molecule has 3 rings (SSSR count). The Morgan fingerprint density at radius 1 is 1.00 bits per heavy atom. The first kappa shape index (κ1) is 21.0. The third-order valence-electron chi connectivity index (χ3n) is 5.49. The zero-order valence-corrected chi connectivity index (χ0v) is 18.2. The van der Waals surface area contributed by atoms with Gasteiger partial charge in [0, 0.05) is 6.61 Å². The normalized spacial score (nSPS) is 20.3. The summed E-state index contributed by atoms with van der Waals surface area (Å²) in [4.78, 5) is 0. The Bertz CT molecular complexity index is 713. The molecule has 28 heavy (non-hydrogen) atoms. The number of hydrogen-bond acceptors (Lipinski definition) is 3. The lowest BCUT2D eigenvalue weighted by atomic mass is 10.1. The van der Waals surface area contributed by atoms with Crippen LogP contribution in [0.3, 0.4) is 0 Å². The van der Waals surface area contributed by atoms with Crippen LogP contribution in [0.1, 0.15) is 33.6 Å². The molecule has 2 aromatic rings. The zero-order chi connectivity index (χ0) is 20.0. The predicted molar refractivity (Wildman–Crippen MR) is 118 cm³/mol. The average molecular weight is 397 g/mol. The van der Waals surface area contributed by atoms with Gasteiger partial charge >= 0.3 is 0 Å². The van der Waals surface area contributed by atoms with Gasteiger partial charge in [-0.15, -0.1) is 0 Å². The van der Waals surface area contributed by atoms with Crippen molar-refractivity contribution < 1.29 is 14.3 Å². The van der Waals surface area contributed by atoms with E-state index in [2.05, 4.69) is 81.4 Å². The summed E-state index contributed by atoms with van der Waals surface area (Å²) in [5.41, 5.74) is 0. The molecule has 2 aromatic carbocycles. The summed E-state index contributed by atoms with van der Waals surface area (Å²) in [5.74, 6) is 0. The van der Waals surface area contributed by atoms with Crippen LogP contribution in [0.2, 0.25) is 5.04 Å². The molecule has 0 fully saturated rings. The molecular weight excluding hydrogens is 364 g/mol. The lowest BCUT2D eigenvalue weighted by molar-refractivity contribution is -0.0222. The van der Waals surface area contributed by atoms with Crippen LogP contribution in [-0.2, 0) is 9.16 Å². The highest BCUT2D eigenvalue weighted by molar-refractivity contribution is 6.99. The number of ether oxygens (including phenoxy) is 1. The topological polar surface area (TPSA) is 38.7 Å². The van der Waals surface area contributed by atoms with E-state index in [9.17, 15) is 5.11 Å². The highest BCUT2D eigenvalue weighted by Crippen LogP contribution is 2.36. The highest BCUT2D eigenvalue weighted by Gasteiger charge is 2.49. The van der Waals surface area contributed by atoms with Gasteiger partial charge < -0.3 is 14.3 Å². The van der Waals surface area contributed by atoms with Crippen molar-refractivity contribution in [1.29, 1.82) is 0 Å². The Labute approximate surface area is 170 Å². The fourth-order valence-electron chi connectivity index (χ4n) is 4.12. The quantitative estimate of drug-likeness (QED) is 0.441. The summed E-state index contributed by atoms with van der Waals surface area (Å²) < 4.78 is 12.6. The van der Waals surface area contributed by atoms with Crippen LogP contribution < -0.4 is 10.4 Å². The third kappa shape index (κ3) is 4.46. The molecule has 1 heterocycles. The summed E-state index contributed by atoms with van der Waals surface area (Å²) in [6.45, 7) is 8.11. The van der Waals surface area contributed by atoms with Crippen LogP contribution in [0, 0.1) is 0 Å². The van der Waals surface area contributed by atoms with E-state index in [1.165, 1.54) is 10.4 Å². The Morgan fingerprint density at radius 2 is 1.57 bits per heavy atom. The molecule has 0 amide bonds. The van der Waals surface area contributed by atoms with Gasteiger partial charge in [0.2, 0.25) is 0 Å². The zero-order valence-electron chi connectivity index (χ0n) is 17.2. The average Bonchev–Trinajstić information content (AvgIpc) is 2.70. The maximum atomic E-state index is 10.1. The highest BCUT2D eigenvalue weighted by atomic mass is 28.4. The van der Waals surface area contributed by atoms with Gasteiger partial charge in [-0.05, 0) is 28.3 Å². The van der Waals surface area contributed by atoms with Crippen LogP contribution >= 0.6 is 0 Å². The van der Waals surface area contributed by atoms with Crippen LogP contribution in [-0.4, -0.2) is 38.8 Å². The maximum Gasteiger partial charge on any atom is 0.261 e. The molecule has 2 atom stereocenters. The largest absolute Gasteiger partial charge is 0.407 e. The van der Waals surface area contributed by atoms with Gasteiger partial charge in [0.15, 0.2) is 0 Å². The first-order valence-corrected chi connectivity index (χ1v) is 12.1. The minimum atomic E-state index is -2.47. The molecule has 150 valence electrons. The van der Waals surface area contributed by atoms with Crippen LogP contribution in [0.15, 0.2) is 72.8 Å². The Morgan fingerprint density at radius 3 is 2.07 bits per heavy atom. The van der Waals surface area contributed by atoms with Gasteiger partial charge in [-0.1, -0.05) is 93.6 Å². The molecule has 0 unspecified atom stereocenters. The van der Waals surface area contributed by atoms with Crippen LogP contribution in [0.4, 0.5) is 0 Å². The molecule has 0 saturated heterocycles. The number of rotatable bonds is 7. The van der Waals surface area contributed by atoms with E-state index in [-0.39, 0.29) is 11.1 Å². The second kappa shape index (κ2) is 9.18. The van der Waals surface area contributed by atoms with Gasteiger partial charge in [-0.3, -0.25) is 0 Å². The first-order chi connectivity index (χ1) is 13.4. The van der Waals surface area contributed by atoms with E-state index in [1.54, 1.807) is 0 Å². The summed E-state index contributed by atoms with van der Waals surface area (Å²) in [6, 6.07) is 21.4. The molecule has 4 heteroatoms. The summed E-state index contributed by atoms with van der Waals surface area (Å²) in [6.07, 6.45) is 4.72. The van der Waals surface area contributed by atoms with Gasteiger partial charge in [0.25, 0.3) is 8.32 Å². The monoisotopic (exact) mass is 396 g/mol. The van der Waals surface area contributed by atoms with Crippen molar-refractivity contribution in [2.45, 2.75) is 50.9 Å². The molecule has 0 saturated carbocycles. The standard InChI is InChI=1S/C24H32O3Si/c1-24(2,3)28(20-12-6-4-7-13-20,21-14-8-5-9-15-21)27-19-11-17-23-22(25)16-10-18-26-23/h4-10,12-16,22-23,25H,11,17-19H2,1-3H3/t22-,23-/m1/s1. The van der Waals surface area contributed by atoms with Crippen LogP contribution in [0.5, 0.6) is 0 Å². The second-order valence-electron chi connectivity index (χ2n) is 8.44. The SMILES string of the molecule is CC(C)(C)[Si](OCCC[C@H]1OCC=C[C@H]1O)(c1ccccc1)c1ccccc1. The fraction of sp³-hybridized carbons (Fsp3) is 0.417. The molecule has 1 aliphatic heterocycles. The maximum absolute atomic E-state index is 10.1. The second-order valence-corrected chi connectivity index (χ2v) is 12.8. The molecule has 1 aliphatic rings. The Kier molecular flexibility index (Phi) is 6.89. The molecule has 0 aliphatic carbocycles. The van der Waals surface area contributed by atoms with Crippen molar-refractivity contribution in [2.24, 2.45) is 0 Å². The molecular formula is C24H32O3Si. The number of hydrogen-bond donors (Lipinski definition) is 1. The summed E-state index contributed by atoms with van der Waals surface area (Å²) >= 11 is 0. The minimum Gasteiger partial charge on any atom is -0.407 e. The van der Waals surface area contributed by atoms with Crippen molar-refractivity contribution in [3.8, 4) is 0 Å². The molecule has 0 bridgehead atoms. The van der Waals surface area contributed by atoms with E-state index in [4.69, 9.17) is 9.16 Å². The predicted octanol–water partition coefficient (Wildman–Crippen LogP) is 3.66. The third-order valence-corrected chi connectivity index (χ3v) is 10.5. The number of aliphatic hydroxyl groups excluding tert-OH is 1. The van der Waals surface area contributed by atoms with E-state index >= 15 is 0 Å². The van der Waals surface area contributed by atoms with Crippen molar-refractivity contribution >= 4 is 18.7 Å². The smallest absolute Gasteiger partial charge is 0.261 e. The molecule has 3 nitrogen and oxygen atoms in total. The van der Waals surface area contributed by atoms with Gasteiger partial charge in [0.05, 0.1) is 18.8 Å². The van der Waals surface area contributed by atoms with Crippen molar-refractivity contribution in [2.75, 3.05) is 13.2 Å². The number of aliphatic hydroxyl groups is 1. The minimum absolute atomic E-state index is 0.0146. The summed E-state index contributed by atoms with van der Waals surface area (Å²) in [5, 5.41) is 12.6. The van der Waals surface area contributed by atoms with Gasteiger partial charge in [0.1, 0.15) is 0 Å². The molecule has 1 N–H and O–H groups in total. The fourth-order valence-corrected chi connectivity index (χ4v) is 8.73. The van der Waals surface area contributed by atoms with Crippen molar-refractivity contribution in [1.82, 2.24) is 0 Å². The van der Waals surface area contributed by atoms with Gasteiger partial charge in [-0.25, -0.2) is 0 Å². The van der Waals surface area contributed by atoms with E-state index in [0.29, 0.717) is 13.2 Å².